The molecule has 1 aliphatic heterocycles. The average molecular weight is 221 g/mol. The fraction of sp³-hybridized carbons (Fsp3) is 0.833. The van der Waals surface area contributed by atoms with Gasteiger partial charge in [0, 0.05) is 11.9 Å². The van der Waals surface area contributed by atoms with Gasteiger partial charge in [-0.15, -0.1) is 0 Å². The van der Waals surface area contributed by atoms with Crippen LogP contribution in [0, 0.1) is 11.8 Å². The van der Waals surface area contributed by atoms with Crippen molar-refractivity contribution in [1.82, 2.24) is 0 Å². The molecule has 3 saturated carbocycles. The van der Waals surface area contributed by atoms with E-state index in [1.807, 2.05) is 0 Å². The standard InChI is InChI=1S/C12H20BNO2/c1-4-11(14)13-15-10-6-8-5-9(7(8)2)12(10,3)16-13/h8-11H,2,4-6,14H2,1,3H3/t8?,9?,10-,11?,12+/m1/s1. The lowest BCUT2D eigenvalue weighted by Crippen LogP contribution is -2.57. The second kappa shape index (κ2) is 3.34. The van der Waals surface area contributed by atoms with E-state index in [-0.39, 0.29) is 24.8 Å². The van der Waals surface area contributed by atoms with Crippen molar-refractivity contribution in [2.45, 2.75) is 50.8 Å². The molecule has 3 nitrogen and oxygen atoms in total. The first-order valence-corrected chi connectivity index (χ1v) is 6.33. The Labute approximate surface area is 97.5 Å². The van der Waals surface area contributed by atoms with Gasteiger partial charge in [-0.1, -0.05) is 19.1 Å². The maximum atomic E-state index is 6.12. The lowest BCUT2D eigenvalue weighted by atomic mass is 9.54. The monoisotopic (exact) mass is 221 g/mol. The fourth-order valence-electron chi connectivity index (χ4n) is 3.45. The lowest BCUT2D eigenvalue weighted by molar-refractivity contribution is -0.0726. The molecule has 0 aromatic carbocycles. The van der Waals surface area contributed by atoms with Crippen LogP contribution in [0.4, 0.5) is 0 Å². The molecule has 3 unspecified atom stereocenters. The molecule has 4 fully saturated rings. The third kappa shape index (κ3) is 1.21. The predicted molar refractivity (Wildman–Crippen MR) is 63.7 cm³/mol. The molecule has 0 radical (unpaired) electrons. The highest BCUT2D eigenvalue weighted by atomic mass is 16.7. The van der Waals surface area contributed by atoms with Crippen LogP contribution in [-0.4, -0.2) is 24.8 Å². The summed E-state index contributed by atoms with van der Waals surface area (Å²) in [6, 6.07) is 0. The molecule has 5 atom stereocenters. The number of nitrogens with two attached hydrogens (primary N) is 1. The summed E-state index contributed by atoms with van der Waals surface area (Å²) >= 11 is 0. The van der Waals surface area contributed by atoms with Crippen LogP contribution in [-0.2, 0) is 9.31 Å². The van der Waals surface area contributed by atoms with E-state index >= 15 is 0 Å². The van der Waals surface area contributed by atoms with Crippen molar-refractivity contribution in [3.05, 3.63) is 12.2 Å². The Kier molecular flexibility index (Phi) is 2.26. The van der Waals surface area contributed by atoms with Gasteiger partial charge in [0.15, 0.2) is 0 Å². The summed E-state index contributed by atoms with van der Waals surface area (Å²) in [5.41, 5.74) is 7.22. The molecule has 2 N–H and O–H groups in total. The van der Waals surface area contributed by atoms with Crippen molar-refractivity contribution in [2.75, 3.05) is 0 Å². The zero-order valence-corrected chi connectivity index (χ0v) is 10.1. The highest BCUT2D eigenvalue weighted by Crippen LogP contribution is 2.58. The minimum absolute atomic E-state index is 0.00658. The van der Waals surface area contributed by atoms with Gasteiger partial charge in [0.2, 0.25) is 0 Å². The van der Waals surface area contributed by atoms with E-state index in [0.717, 1.165) is 12.8 Å². The van der Waals surface area contributed by atoms with Crippen molar-refractivity contribution in [3.63, 3.8) is 0 Å². The summed E-state index contributed by atoms with van der Waals surface area (Å²) in [6.07, 6.45) is 3.41. The summed E-state index contributed by atoms with van der Waals surface area (Å²) in [5.74, 6) is 1.15. The van der Waals surface area contributed by atoms with Crippen molar-refractivity contribution < 1.29 is 9.31 Å². The lowest BCUT2D eigenvalue weighted by Gasteiger charge is -2.55. The van der Waals surface area contributed by atoms with E-state index in [2.05, 4.69) is 20.4 Å². The smallest absolute Gasteiger partial charge is 0.404 e. The molecule has 4 heteroatoms. The van der Waals surface area contributed by atoms with Crippen molar-refractivity contribution >= 4 is 7.12 Å². The molecule has 1 saturated heterocycles. The molecule has 4 aliphatic rings. The van der Waals surface area contributed by atoms with Crippen molar-refractivity contribution in [2.24, 2.45) is 17.6 Å². The maximum Gasteiger partial charge on any atom is 0.475 e. The molecule has 1 heterocycles. The normalized spacial score (nSPS) is 47.6. The Morgan fingerprint density at radius 1 is 1.62 bits per heavy atom. The second-order valence-electron chi connectivity index (χ2n) is 5.66. The third-order valence-corrected chi connectivity index (χ3v) is 4.81. The van der Waals surface area contributed by atoms with Crippen molar-refractivity contribution in [1.29, 1.82) is 0 Å². The Balaban J connectivity index is 1.81. The Bertz CT molecular complexity index is 335. The summed E-state index contributed by atoms with van der Waals surface area (Å²) in [4.78, 5) is 0. The van der Waals surface area contributed by atoms with Gasteiger partial charge in [0.25, 0.3) is 0 Å². The Hall–Kier alpha value is -0.315. The highest BCUT2D eigenvalue weighted by Gasteiger charge is 2.62. The van der Waals surface area contributed by atoms with Crippen LogP contribution in [0.25, 0.3) is 0 Å². The van der Waals surface area contributed by atoms with Gasteiger partial charge in [-0.25, -0.2) is 0 Å². The van der Waals surface area contributed by atoms with Crippen LogP contribution in [0.5, 0.6) is 0 Å². The van der Waals surface area contributed by atoms with Crippen LogP contribution in [0.3, 0.4) is 0 Å². The number of rotatable bonds is 2. The molecule has 2 bridgehead atoms. The molecule has 4 rings (SSSR count). The first-order chi connectivity index (χ1) is 7.56. The van der Waals surface area contributed by atoms with E-state index in [0.29, 0.717) is 11.8 Å². The van der Waals surface area contributed by atoms with E-state index < -0.39 is 0 Å². The van der Waals surface area contributed by atoms with E-state index in [4.69, 9.17) is 15.0 Å². The molecule has 3 aliphatic carbocycles. The molecular weight excluding hydrogens is 201 g/mol. The largest absolute Gasteiger partial charge is 0.475 e. The van der Waals surface area contributed by atoms with Gasteiger partial charge < -0.3 is 15.0 Å². The highest BCUT2D eigenvalue weighted by molar-refractivity contribution is 6.47. The summed E-state index contributed by atoms with van der Waals surface area (Å²) in [7, 11) is -0.216. The van der Waals surface area contributed by atoms with Crippen LogP contribution in [0.15, 0.2) is 12.2 Å². The first-order valence-electron chi connectivity index (χ1n) is 6.33. The molecule has 0 amide bonds. The molecule has 88 valence electrons. The van der Waals surface area contributed by atoms with Gasteiger partial charge in [-0.2, -0.15) is 0 Å². The second-order valence-corrected chi connectivity index (χ2v) is 5.66. The van der Waals surface area contributed by atoms with Crippen LogP contribution >= 0.6 is 0 Å². The van der Waals surface area contributed by atoms with Crippen LogP contribution in [0.2, 0.25) is 0 Å². The zero-order chi connectivity index (χ0) is 11.5. The topological polar surface area (TPSA) is 44.5 Å². The summed E-state index contributed by atoms with van der Waals surface area (Å²) < 4.78 is 12.1. The van der Waals surface area contributed by atoms with E-state index in [9.17, 15) is 0 Å². The summed E-state index contributed by atoms with van der Waals surface area (Å²) in [6.45, 7) is 8.42. The maximum absolute atomic E-state index is 6.12. The fourth-order valence-corrected chi connectivity index (χ4v) is 3.45. The van der Waals surface area contributed by atoms with E-state index in [1.54, 1.807) is 0 Å². The first kappa shape index (κ1) is 10.8. The Morgan fingerprint density at radius 3 is 3.00 bits per heavy atom. The SMILES string of the molecule is C=C1C2CC1[C@]1(C)OB(C(N)CC)O[C@@H]1C2. The Morgan fingerprint density at radius 2 is 2.38 bits per heavy atom. The zero-order valence-electron chi connectivity index (χ0n) is 10.1. The predicted octanol–water partition coefficient (Wildman–Crippen LogP) is 1.52. The molecular formula is C12H20BNO2. The van der Waals surface area contributed by atoms with Gasteiger partial charge in [0.05, 0.1) is 11.7 Å². The van der Waals surface area contributed by atoms with Gasteiger partial charge >= 0.3 is 7.12 Å². The number of hydrogen-bond donors (Lipinski definition) is 1. The molecule has 16 heavy (non-hydrogen) atoms. The average Bonchev–Trinajstić information content (AvgIpc) is 2.63. The van der Waals surface area contributed by atoms with Gasteiger partial charge in [-0.3, -0.25) is 0 Å². The van der Waals surface area contributed by atoms with Gasteiger partial charge in [0.1, 0.15) is 0 Å². The summed E-state index contributed by atoms with van der Waals surface area (Å²) in [5, 5.41) is 0. The molecule has 0 spiro atoms. The molecule has 0 aromatic rings. The minimum atomic E-state index is -0.216. The third-order valence-electron chi connectivity index (χ3n) is 4.81. The minimum Gasteiger partial charge on any atom is -0.404 e. The molecule has 0 aromatic heterocycles. The van der Waals surface area contributed by atoms with Gasteiger partial charge in [-0.05, 0) is 32.1 Å². The quantitative estimate of drug-likeness (QED) is 0.568. The van der Waals surface area contributed by atoms with Crippen LogP contribution in [0.1, 0.15) is 33.1 Å². The van der Waals surface area contributed by atoms with Crippen LogP contribution < -0.4 is 5.73 Å². The number of hydrogen-bond acceptors (Lipinski definition) is 3. The van der Waals surface area contributed by atoms with E-state index in [1.165, 1.54) is 12.0 Å². The van der Waals surface area contributed by atoms with Crippen molar-refractivity contribution in [3.8, 4) is 0 Å².